The molecule has 1 aliphatic rings. The average molecular weight is 358 g/mol. The Morgan fingerprint density at radius 1 is 1.00 bits per heavy atom. The maximum absolute atomic E-state index is 14.7. The minimum atomic E-state index is -0.661. The molecular formula is C20H24BFO4. The summed E-state index contributed by atoms with van der Waals surface area (Å²) in [5.41, 5.74) is 0.516. The van der Waals surface area contributed by atoms with E-state index in [9.17, 15) is 4.39 Å². The van der Waals surface area contributed by atoms with Crippen molar-refractivity contribution in [2.75, 3.05) is 7.11 Å². The standard InChI is InChI=1S/C20H24BFO4/c1-19(2)20(3,4)26-21(25-19)15-11-16(22)18(17(12-15)23-5)24-13-14-9-7-6-8-10-14/h6-12H,13H2,1-5H3. The fourth-order valence-corrected chi connectivity index (χ4v) is 2.72. The summed E-state index contributed by atoms with van der Waals surface area (Å²) in [6, 6.07) is 12.7. The molecule has 1 fully saturated rings. The van der Waals surface area contributed by atoms with Crippen LogP contribution in [0.15, 0.2) is 42.5 Å². The molecule has 0 atom stereocenters. The number of methoxy groups -OCH3 is 1. The summed E-state index contributed by atoms with van der Waals surface area (Å²) < 4.78 is 37.7. The van der Waals surface area contributed by atoms with Crippen molar-refractivity contribution in [2.45, 2.75) is 45.5 Å². The number of ether oxygens (including phenoxy) is 2. The maximum atomic E-state index is 14.7. The van der Waals surface area contributed by atoms with Crippen molar-refractivity contribution < 1.29 is 23.2 Å². The Bertz CT molecular complexity index is 761. The van der Waals surface area contributed by atoms with E-state index in [1.807, 2.05) is 58.0 Å². The van der Waals surface area contributed by atoms with Gasteiger partial charge in [0.25, 0.3) is 0 Å². The predicted octanol–water partition coefficient (Wildman–Crippen LogP) is 3.71. The van der Waals surface area contributed by atoms with Gasteiger partial charge in [-0.05, 0) is 50.9 Å². The third-order valence-corrected chi connectivity index (χ3v) is 5.00. The van der Waals surface area contributed by atoms with Crippen molar-refractivity contribution in [3.63, 3.8) is 0 Å². The summed E-state index contributed by atoms with van der Waals surface area (Å²) >= 11 is 0. The molecule has 0 radical (unpaired) electrons. The van der Waals surface area contributed by atoms with Gasteiger partial charge in [0.05, 0.1) is 18.3 Å². The van der Waals surface area contributed by atoms with Crippen molar-refractivity contribution in [3.05, 3.63) is 53.8 Å². The smallest absolute Gasteiger partial charge is 0.493 e. The van der Waals surface area contributed by atoms with Crippen LogP contribution in [-0.2, 0) is 15.9 Å². The van der Waals surface area contributed by atoms with E-state index in [0.29, 0.717) is 11.2 Å². The van der Waals surface area contributed by atoms with E-state index in [4.69, 9.17) is 18.8 Å². The van der Waals surface area contributed by atoms with E-state index in [0.717, 1.165) is 5.56 Å². The quantitative estimate of drug-likeness (QED) is 0.764. The van der Waals surface area contributed by atoms with Crippen LogP contribution in [-0.4, -0.2) is 25.4 Å². The first kappa shape index (κ1) is 18.7. The number of rotatable bonds is 5. The number of benzene rings is 2. The molecule has 0 spiro atoms. The second-order valence-corrected chi connectivity index (χ2v) is 7.40. The number of halogens is 1. The van der Waals surface area contributed by atoms with Crippen LogP contribution in [0.1, 0.15) is 33.3 Å². The van der Waals surface area contributed by atoms with Crippen molar-refractivity contribution in [2.24, 2.45) is 0 Å². The van der Waals surface area contributed by atoms with Gasteiger partial charge in [0.2, 0.25) is 0 Å². The summed E-state index contributed by atoms with van der Waals surface area (Å²) in [7, 11) is 0.824. The van der Waals surface area contributed by atoms with Crippen LogP contribution < -0.4 is 14.9 Å². The fourth-order valence-electron chi connectivity index (χ4n) is 2.72. The average Bonchev–Trinajstić information content (AvgIpc) is 2.82. The monoisotopic (exact) mass is 358 g/mol. The van der Waals surface area contributed by atoms with E-state index in [1.165, 1.54) is 13.2 Å². The SMILES string of the molecule is COc1cc(B2OC(C)(C)C(C)(C)O2)cc(F)c1OCc1ccccc1. The number of hydrogen-bond acceptors (Lipinski definition) is 4. The molecule has 6 heteroatoms. The van der Waals surface area contributed by atoms with Gasteiger partial charge in [0.15, 0.2) is 17.3 Å². The minimum Gasteiger partial charge on any atom is -0.493 e. The summed E-state index contributed by atoms with van der Waals surface area (Å²) in [4.78, 5) is 0. The largest absolute Gasteiger partial charge is 0.495 e. The molecule has 26 heavy (non-hydrogen) atoms. The van der Waals surface area contributed by atoms with Crippen LogP contribution in [0, 0.1) is 5.82 Å². The highest BCUT2D eigenvalue weighted by Gasteiger charge is 2.52. The highest BCUT2D eigenvalue weighted by atomic mass is 19.1. The molecule has 138 valence electrons. The van der Waals surface area contributed by atoms with Crippen molar-refractivity contribution in [1.82, 2.24) is 0 Å². The second kappa shape index (κ2) is 6.93. The third kappa shape index (κ3) is 3.57. The minimum absolute atomic E-state index is 0.0802. The second-order valence-electron chi connectivity index (χ2n) is 7.40. The van der Waals surface area contributed by atoms with Gasteiger partial charge in [0, 0.05) is 0 Å². The zero-order valence-electron chi connectivity index (χ0n) is 15.8. The summed E-state index contributed by atoms with van der Waals surface area (Å²) in [6.45, 7) is 8.08. The lowest BCUT2D eigenvalue weighted by Crippen LogP contribution is -2.41. The van der Waals surface area contributed by atoms with E-state index in [2.05, 4.69) is 0 Å². The molecule has 0 N–H and O–H groups in total. The van der Waals surface area contributed by atoms with Gasteiger partial charge >= 0.3 is 7.12 Å². The van der Waals surface area contributed by atoms with Crippen molar-refractivity contribution in [3.8, 4) is 11.5 Å². The predicted molar refractivity (Wildman–Crippen MR) is 99.4 cm³/mol. The summed E-state index contributed by atoms with van der Waals surface area (Å²) in [5.74, 6) is -0.118. The van der Waals surface area contributed by atoms with Gasteiger partial charge in [0.1, 0.15) is 6.61 Å². The molecule has 0 unspecified atom stereocenters. The Kier molecular flexibility index (Phi) is 4.99. The van der Waals surface area contributed by atoms with Crippen molar-refractivity contribution in [1.29, 1.82) is 0 Å². The molecule has 3 rings (SSSR count). The molecule has 0 saturated carbocycles. The third-order valence-electron chi connectivity index (χ3n) is 5.00. The van der Waals surface area contributed by atoms with Crippen LogP contribution >= 0.6 is 0 Å². The Morgan fingerprint density at radius 2 is 1.62 bits per heavy atom. The van der Waals surface area contributed by atoms with E-state index in [-0.39, 0.29) is 12.4 Å². The maximum Gasteiger partial charge on any atom is 0.495 e. The van der Waals surface area contributed by atoms with E-state index < -0.39 is 24.1 Å². The van der Waals surface area contributed by atoms with Crippen LogP contribution in [0.25, 0.3) is 0 Å². The molecule has 1 saturated heterocycles. The molecular weight excluding hydrogens is 334 g/mol. The first-order valence-electron chi connectivity index (χ1n) is 8.63. The molecule has 4 nitrogen and oxygen atoms in total. The number of hydrogen-bond donors (Lipinski definition) is 0. The topological polar surface area (TPSA) is 36.9 Å². The van der Waals surface area contributed by atoms with E-state index in [1.54, 1.807) is 6.07 Å². The van der Waals surface area contributed by atoms with Crippen LogP contribution in [0.2, 0.25) is 0 Å². The van der Waals surface area contributed by atoms with Crippen LogP contribution in [0.3, 0.4) is 0 Å². The van der Waals surface area contributed by atoms with Crippen LogP contribution in [0.4, 0.5) is 4.39 Å². The van der Waals surface area contributed by atoms with Gasteiger partial charge < -0.3 is 18.8 Å². The lowest BCUT2D eigenvalue weighted by Gasteiger charge is -2.32. The van der Waals surface area contributed by atoms with E-state index >= 15 is 0 Å². The molecule has 2 aromatic rings. The van der Waals surface area contributed by atoms with Gasteiger partial charge in [-0.1, -0.05) is 30.3 Å². The first-order valence-corrected chi connectivity index (χ1v) is 8.63. The van der Waals surface area contributed by atoms with Crippen molar-refractivity contribution >= 4 is 12.6 Å². The molecule has 0 aromatic heterocycles. The van der Waals surface area contributed by atoms with Crippen LogP contribution in [0.5, 0.6) is 11.5 Å². The first-order chi connectivity index (χ1) is 12.2. The summed E-state index contributed by atoms with van der Waals surface area (Å²) in [6.07, 6.45) is 0. The lowest BCUT2D eigenvalue weighted by atomic mass is 9.79. The van der Waals surface area contributed by atoms with Gasteiger partial charge in [-0.3, -0.25) is 0 Å². The molecule has 2 aromatic carbocycles. The Labute approximate surface area is 154 Å². The molecule has 1 aliphatic heterocycles. The zero-order chi connectivity index (χ0) is 18.9. The van der Waals surface area contributed by atoms with Gasteiger partial charge in [-0.15, -0.1) is 0 Å². The molecule has 0 amide bonds. The lowest BCUT2D eigenvalue weighted by molar-refractivity contribution is 0.00578. The van der Waals surface area contributed by atoms with Gasteiger partial charge in [-0.25, -0.2) is 4.39 Å². The molecule has 1 heterocycles. The Morgan fingerprint density at radius 3 is 2.19 bits per heavy atom. The normalized spacial score (nSPS) is 18.0. The Balaban J connectivity index is 1.84. The molecule has 0 bridgehead atoms. The summed E-state index contributed by atoms with van der Waals surface area (Å²) in [5, 5.41) is 0. The Hall–Kier alpha value is -2.05. The molecule has 0 aliphatic carbocycles. The highest BCUT2D eigenvalue weighted by Crippen LogP contribution is 2.37. The van der Waals surface area contributed by atoms with Gasteiger partial charge in [-0.2, -0.15) is 0 Å². The highest BCUT2D eigenvalue weighted by molar-refractivity contribution is 6.62. The zero-order valence-corrected chi connectivity index (χ0v) is 15.8. The fraction of sp³-hybridized carbons (Fsp3) is 0.400.